The summed E-state index contributed by atoms with van der Waals surface area (Å²) >= 11 is 0. The fourth-order valence-electron chi connectivity index (χ4n) is 2.57. The van der Waals surface area contributed by atoms with Crippen molar-refractivity contribution in [2.45, 2.75) is 5.60 Å². The Bertz CT molecular complexity index is 443. The Kier molecular flexibility index (Phi) is 3.50. The first-order valence-electron chi connectivity index (χ1n) is 6.57. The van der Waals surface area contributed by atoms with E-state index in [1.54, 1.807) is 4.90 Å². The van der Waals surface area contributed by atoms with E-state index in [9.17, 15) is 4.79 Å². The second-order valence-corrected chi connectivity index (χ2v) is 5.02. The number of amides is 1. The van der Waals surface area contributed by atoms with E-state index < -0.39 is 5.60 Å². The van der Waals surface area contributed by atoms with E-state index in [1.807, 2.05) is 30.3 Å². The first-order valence-corrected chi connectivity index (χ1v) is 6.57. The SMILES string of the molecule is O=C1COCC2(CNCCO2)CN1c1ccccc1. The smallest absolute Gasteiger partial charge is 0.253 e. The standard InChI is InChI=1S/C14H18N2O3/c17-13-8-18-11-14(9-15-6-7-19-14)10-16(13)12-4-2-1-3-5-12/h1-5,15H,6-11H2. The van der Waals surface area contributed by atoms with Crippen molar-refractivity contribution in [2.24, 2.45) is 0 Å². The zero-order valence-electron chi connectivity index (χ0n) is 10.8. The van der Waals surface area contributed by atoms with Crippen molar-refractivity contribution in [1.82, 2.24) is 5.32 Å². The number of rotatable bonds is 1. The molecule has 1 aromatic rings. The number of nitrogens with zero attached hydrogens (tertiary/aromatic N) is 1. The van der Waals surface area contributed by atoms with E-state index in [0.29, 0.717) is 26.3 Å². The van der Waals surface area contributed by atoms with Crippen LogP contribution >= 0.6 is 0 Å². The minimum absolute atomic E-state index is 0.0164. The van der Waals surface area contributed by atoms with Crippen LogP contribution < -0.4 is 10.2 Å². The Morgan fingerprint density at radius 2 is 2.11 bits per heavy atom. The summed E-state index contributed by atoms with van der Waals surface area (Å²) in [6.07, 6.45) is 0. The Balaban J connectivity index is 1.86. The van der Waals surface area contributed by atoms with Gasteiger partial charge in [0.25, 0.3) is 5.91 Å². The molecule has 0 bridgehead atoms. The molecule has 0 aliphatic carbocycles. The fraction of sp³-hybridized carbons (Fsp3) is 0.500. The molecule has 1 N–H and O–H groups in total. The summed E-state index contributed by atoms with van der Waals surface area (Å²) in [5.41, 5.74) is 0.465. The Morgan fingerprint density at radius 3 is 2.84 bits per heavy atom. The summed E-state index contributed by atoms with van der Waals surface area (Å²) in [7, 11) is 0. The van der Waals surface area contributed by atoms with Crippen molar-refractivity contribution < 1.29 is 14.3 Å². The van der Waals surface area contributed by atoms with Gasteiger partial charge in [0.15, 0.2) is 0 Å². The lowest BCUT2D eigenvalue weighted by atomic mass is 10.0. The first-order chi connectivity index (χ1) is 9.29. The molecule has 2 heterocycles. The van der Waals surface area contributed by atoms with Crippen LogP contribution in [0.1, 0.15) is 0 Å². The Hall–Kier alpha value is -1.43. The normalized spacial score (nSPS) is 28.4. The van der Waals surface area contributed by atoms with Gasteiger partial charge in [-0.2, -0.15) is 0 Å². The molecule has 1 spiro atoms. The summed E-state index contributed by atoms with van der Waals surface area (Å²) in [6.45, 7) is 3.31. The van der Waals surface area contributed by atoms with Gasteiger partial charge in [-0.3, -0.25) is 4.79 Å². The monoisotopic (exact) mass is 262 g/mol. The van der Waals surface area contributed by atoms with Crippen molar-refractivity contribution in [3.05, 3.63) is 30.3 Å². The maximum Gasteiger partial charge on any atom is 0.253 e. The maximum atomic E-state index is 12.2. The van der Waals surface area contributed by atoms with E-state index in [1.165, 1.54) is 0 Å². The highest BCUT2D eigenvalue weighted by Gasteiger charge is 2.40. The van der Waals surface area contributed by atoms with Crippen LogP contribution in [0.3, 0.4) is 0 Å². The van der Waals surface area contributed by atoms with Crippen LogP contribution in [0, 0.1) is 0 Å². The molecule has 0 saturated carbocycles. The van der Waals surface area contributed by atoms with E-state index in [-0.39, 0.29) is 12.5 Å². The summed E-state index contributed by atoms with van der Waals surface area (Å²) < 4.78 is 11.4. The van der Waals surface area contributed by atoms with Crippen molar-refractivity contribution >= 4 is 11.6 Å². The highest BCUT2D eigenvalue weighted by atomic mass is 16.5. The number of morpholine rings is 1. The fourth-order valence-corrected chi connectivity index (χ4v) is 2.57. The Labute approximate surface area is 112 Å². The average Bonchev–Trinajstić information content (AvgIpc) is 2.61. The predicted molar refractivity (Wildman–Crippen MR) is 71.2 cm³/mol. The van der Waals surface area contributed by atoms with Gasteiger partial charge in [0, 0.05) is 18.8 Å². The molecule has 1 unspecified atom stereocenters. The van der Waals surface area contributed by atoms with E-state index in [4.69, 9.17) is 9.47 Å². The maximum absolute atomic E-state index is 12.2. The molecule has 1 aromatic carbocycles. The topological polar surface area (TPSA) is 50.8 Å². The summed E-state index contributed by atoms with van der Waals surface area (Å²) in [4.78, 5) is 13.9. The molecule has 5 nitrogen and oxygen atoms in total. The van der Waals surface area contributed by atoms with Crippen LogP contribution in [0.15, 0.2) is 30.3 Å². The number of ether oxygens (including phenoxy) is 2. The number of anilines is 1. The second kappa shape index (κ2) is 5.28. The summed E-state index contributed by atoms with van der Waals surface area (Å²) in [5.74, 6) is -0.0164. The molecule has 2 fully saturated rings. The summed E-state index contributed by atoms with van der Waals surface area (Å²) in [5, 5.41) is 3.32. The largest absolute Gasteiger partial charge is 0.368 e. The molecule has 2 aliphatic rings. The third-order valence-corrected chi connectivity index (χ3v) is 3.54. The lowest BCUT2D eigenvalue weighted by molar-refractivity contribution is -0.123. The second-order valence-electron chi connectivity index (χ2n) is 5.02. The molecule has 3 rings (SSSR count). The van der Waals surface area contributed by atoms with Crippen molar-refractivity contribution in [1.29, 1.82) is 0 Å². The number of nitrogens with one attached hydrogen (secondary N) is 1. The number of carbonyl (C=O) groups is 1. The third kappa shape index (κ3) is 2.63. The van der Waals surface area contributed by atoms with Gasteiger partial charge in [-0.1, -0.05) is 18.2 Å². The van der Waals surface area contributed by atoms with E-state index in [0.717, 1.165) is 12.2 Å². The first kappa shape index (κ1) is 12.6. The Morgan fingerprint density at radius 1 is 1.26 bits per heavy atom. The molecule has 2 saturated heterocycles. The molecule has 1 atom stereocenters. The van der Waals surface area contributed by atoms with Gasteiger partial charge in [0.1, 0.15) is 12.2 Å². The minimum atomic E-state index is -0.430. The number of hydrogen-bond acceptors (Lipinski definition) is 4. The lowest BCUT2D eigenvalue weighted by Gasteiger charge is -2.38. The number of hydrogen-bond donors (Lipinski definition) is 1. The number of para-hydroxylation sites is 1. The predicted octanol–water partition coefficient (Wildman–Crippen LogP) is 0.408. The zero-order chi connectivity index (χ0) is 13.1. The van der Waals surface area contributed by atoms with E-state index >= 15 is 0 Å². The molecular weight excluding hydrogens is 244 g/mol. The minimum Gasteiger partial charge on any atom is -0.368 e. The van der Waals surface area contributed by atoms with Crippen molar-refractivity contribution in [3.63, 3.8) is 0 Å². The zero-order valence-corrected chi connectivity index (χ0v) is 10.8. The highest BCUT2D eigenvalue weighted by molar-refractivity contribution is 5.94. The third-order valence-electron chi connectivity index (χ3n) is 3.54. The van der Waals surface area contributed by atoms with Crippen molar-refractivity contribution in [3.8, 4) is 0 Å². The van der Waals surface area contributed by atoms with Gasteiger partial charge in [0.2, 0.25) is 0 Å². The number of carbonyl (C=O) groups excluding carboxylic acids is 1. The molecule has 5 heteroatoms. The van der Waals surface area contributed by atoms with Gasteiger partial charge >= 0.3 is 0 Å². The lowest BCUT2D eigenvalue weighted by Crippen LogP contribution is -2.58. The van der Waals surface area contributed by atoms with Gasteiger partial charge in [-0.05, 0) is 12.1 Å². The van der Waals surface area contributed by atoms with Crippen LogP contribution in [0.2, 0.25) is 0 Å². The molecule has 1 amide bonds. The molecule has 0 radical (unpaired) electrons. The quantitative estimate of drug-likeness (QED) is 0.796. The van der Waals surface area contributed by atoms with Gasteiger partial charge < -0.3 is 19.7 Å². The van der Waals surface area contributed by atoms with Crippen molar-refractivity contribution in [2.75, 3.05) is 44.4 Å². The van der Waals surface area contributed by atoms with Crippen LogP contribution in [0.25, 0.3) is 0 Å². The number of benzene rings is 1. The van der Waals surface area contributed by atoms with E-state index in [2.05, 4.69) is 5.32 Å². The van der Waals surface area contributed by atoms with Gasteiger partial charge in [-0.15, -0.1) is 0 Å². The van der Waals surface area contributed by atoms with Crippen LogP contribution in [-0.2, 0) is 14.3 Å². The van der Waals surface area contributed by atoms with Crippen LogP contribution in [-0.4, -0.2) is 51.0 Å². The van der Waals surface area contributed by atoms with Crippen LogP contribution in [0.4, 0.5) is 5.69 Å². The molecule has 2 aliphatic heterocycles. The van der Waals surface area contributed by atoms with Gasteiger partial charge in [-0.25, -0.2) is 0 Å². The highest BCUT2D eigenvalue weighted by Crippen LogP contribution is 2.24. The molecule has 19 heavy (non-hydrogen) atoms. The van der Waals surface area contributed by atoms with Crippen LogP contribution in [0.5, 0.6) is 0 Å². The molecular formula is C14H18N2O3. The average molecular weight is 262 g/mol. The molecule has 0 aromatic heterocycles. The molecule has 102 valence electrons. The summed E-state index contributed by atoms with van der Waals surface area (Å²) in [6, 6.07) is 9.68. The van der Waals surface area contributed by atoms with Gasteiger partial charge in [0.05, 0.1) is 19.8 Å².